The maximum atomic E-state index is 13.1. The Morgan fingerprint density at radius 2 is 1.63 bits per heavy atom. The highest BCUT2D eigenvalue weighted by molar-refractivity contribution is 6.31. The lowest BCUT2D eigenvalue weighted by molar-refractivity contribution is -0.119. The molecule has 1 amide bonds. The predicted molar refractivity (Wildman–Crippen MR) is 168 cm³/mol. The van der Waals surface area contributed by atoms with Crippen LogP contribution in [0.4, 0.5) is 11.4 Å². The van der Waals surface area contributed by atoms with E-state index < -0.39 is 0 Å². The lowest BCUT2D eigenvalue weighted by Crippen LogP contribution is -2.50. The fraction of sp³-hybridized carbons (Fsp3) is 0.312. The van der Waals surface area contributed by atoms with Crippen LogP contribution in [0.5, 0.6) is 5.88 Å². The zero-order valence-corrected chi connectivity index (χ0v) is 24.6. The van der Waals surface area contributed by atoms with Gasteiger partial charge in [-0.05, 0) is 50.5 Å². The van der Waals surface area contributed by atoms with Crippen LogP contribution in [0.2, 0.25) is 5.02 Å². The van der Waals surface area contributed by atoms with E-state index in [4.69, 9.17) is 16.6 Å². The van der Waals surface area contributed by atoms with Crippen molar-refractivity contribution in [3.63, 3.8) is 0 Å². The molecule has 9 heteroatoms. The normalized spacial score (nSPS) is 15.1. The van der Waals surface area contributed by atoms with Crippen LogP contribution < -0.4 is 4.90 Å². The number of aromatic nitrogens is 1. The van der Waals surface area contributed by atoms with Crippen molar-refractivity contribution in [1.82, 2.24) is 19.7 Å². The van der Waals surface area contributed by atoms with Crippen molar-refractivity contribution in [2.75, 3.05) is 71.9 Å². The molecule has 0 unspecified atom stereocenters. The number of nitrogens with zero attached hydrogens (tertiary/aromatic N) is 5. The highest BCUT2D eigenvalue weighted by Gasteiger charge is 2.22. The topological polar surface area (TPSA) is 78.4 Å². The number of amides is 1. The van der Waals surface area contributed by atoms with Gasteiger partial charge in [0, 0.05) is 68.0 Å². The van der Waals surface area contributed by atoms with Gasteiger partial charge in [-0.2, -0.15) is 0 Å². The molecule has 41 heavy (non-hydrogen) atoms. The highest BCUT2D eigenvalue weighted by Crippen LogP contribution is 2.33. The van der Waals surface area contributed by atoms with Gasteiger partial charge in [-0.25, -0.2) is 4.99 Å². The first-order chi connectivity index (χ1) is 19.8. The second-order valence-electron chi connectivity index (χ2n) is 10.8. The molecule has 0 atom stereocenters. The SMILES string of the molecule is CN(C)CCN1CCN(CC(=O)N(C)c2ccc(N=C(c3ccccc3)c3c(O)[nH]c4cc(Cl)ccc34)cc2)CC1. The third-order valence-corrected chi connectivity index (χ3v) is 7.80. The highest BCUT2D eigenvalue weighted by atomic mass is 35.5. The second kappa shape index (κ2) is 12.9. The van der Waals surface area contributed by atoms with Gasteiger partial charge in [-0.1, -0.05) is 48.0 Å². The van der Waals surface area contributed by atoms with E-state index in [2.05, 4.69) is 33.8 Å². The van der Waals surface area contributed by atoms with E-state index in [-0.39, 0.29) is 11.8 Å². The number of piperazine rings is 1. The van der Waals surface area contributed by atoms with Gasteiger partial charge in [0.25, 0.3) is 0 Å². The number of carbonyl (C=O) groups excluding carboxylic acids is 1. The predicted octanol–water partition coefficient (Wildman–Crippen LogP) is 4.84. The minimum atomic E-state index is 0.0327. The summed E-state index contributed by atoms with van der Waals surface area (Å²) >= 11 is 6.18. The lowest BCUT2D eigenvalue weighted by Gasteiger charge is -2.35. The Hall–Kier alpha value is -3.69. The molecule has 214 valence electrons. The van der Waals surface area contributed by atoms with Crippen LogP contribution >= 0.6 is 11.6 Å². The molecule has 3 aromatic carbocycles. The number of carbonyl (C=O) groups is 1. The van der Waals surface area contributed by atoms with Gasteiger partial charge in [0.1, 0.15) is 0 Å². The number of aromatic amines is 1. The molecule has 0 saturated carbocycles. The molecule has 1 aliphatic heterocycles. The molecule has 1 aliphatic rings. The van der Waals surface area contributed by atoms with Crippen LogP contribution in [0.1, 0.15) is 11.1 Å². The third-order valence-electron chi connectivity index (χ3n) is 7.56. The molecule has 8 nitrogen and oxygen atoms in total. The summed E-state index contributed by atoms with van der Waals surface area (Å²) in [6.45, 7) is 6.28. The summed E-state index contributed by atoms with van der Waals surface area (Å²) in [6.07, 6.45) is 0. The third kappa shape index (κ3) is 6.97. The summed E-state index contributed by atoms with van der Waals surface area (Å²) in [5.41, 5.74) is 4.38. The molecule has 2 N–H and O–H groups in total. The first-order valence-corrected chi connectivity index (χ1v) is 14.3. The average molecular weight is 573 g/mol. The number of hydrogen-bond donors (Lipinski definition) is 2. The van der Waals surface area contributed by atoms with E-state index in [1.807, 2.05) is 67.7 Å². The molecule has 5 rings (SSSR count). The zero-order valence-electron chi connectivity index (χ0n) is 23.8. The number of hydrogen-bond acceptors (Lipinski definition) is 6. The number of benzene rings is 3. The quantitative estimate of drug-likeness (QED) is 0.281. The van der Waals surface area contributed by atoms with Crippen LogP contribution in [-0.2, 0) is 4.79 Å². The molecular weight excluding hydrogens is 536 g/mol. The van der Waals surface area contributed by atoms with Crippen molar-refractivity contribution >= 4 is 45.5 Å². The van der Waals surface area contributed by atoms with Crippen LogP contribution in [0.25, 0.3) is 10.9 Å². The number of halogens is 1. The lowest BCUT2D eigenvalue weighted by atomic mass is 10.0. The number of nitrogens with one attached hydrogen (secondary N) is 1. The Morgan fingerprint density at radius 1 is 0.951 bits per heavy atom. The Bertz CT molecular complexity index is 1510. The molecular formula is C32H37ClN6O2. The van der Waals surface area contributed by atoms with Crippen molar-refractivity contribution in [1.29, 1.82) is 0 Å². The number of H-pyrrole nitrogens is 1. The summed E-state index contributed by atoms with van der Waals surface area (Å²) < 4.78 is 0. The molecule has 0 spiro atoms. The number of likely N-dealkylation sites (N-methyl/N-ethyl adjacent to an activating group) is 2. The Kier molecular flexibility index (Phi) is 9.05. The number of anilines is 1. The van der Waals surface area contributed by atoms with Crippen molar-refractivity contribution in [2.45, 2.75) is 0 Å². The van der Waals surface area contributed by atoms with Gasteiger partial charge >= 0.3 is 0 Å². The average Bonchev–Trinajstić information content (AvgIpc) is 3.30. The first kappa shape index (κ1) is 28.8. The van der Waals surface area contributed by atoms with E-state index in [1.54, 1.807) is 17.0 Å². The largest absolute Gasteiger partial charge is 0.494 e. The molecule has 0 aliphatic carbocycles. The fourth-order valence-electron chi connectivity index (χ4n) is 5.09. The Labute approximate surface area is 246 Å². The molecule has 0 radical (unpaired) electrons. The number of aliphatic imine (C=N–C) groups is 1. The summed E-state index contributed by atoms with van der Waals surface area (Å²) in [4.78, 5) is 29.7. The molecule has 1 aromatic heterocycles. The molecule has 4 aromatic rings. The fourth-order valence-corrected chi connectivity index (χ4v) is 5.26. The minimum absolute atomic E-state index is 0.0327. The van der Waals surface area contributed by atoms with E-state index >= 15 is 0 Å². The molecule has 2 heterocycles. The van der Waals surface area contributed by atoms with Gasteiger partial charge in [0.2, 0.25) is 5.91 Å². The van der Waals surface area contributed by atoms with E-state index in [9.17, 15) is 9.90 Å². The standard InChI is InChI=1S/C32H37ClN6O2/c1-36(2)15-16-38-17-19-39(20-18-38)22-29(40)37(3)26-12-10-25(11-13-26)34-31(23-7-5-4-6-8-23)30-27-14-9-24(33)21-28(27)35-32(30)41/h4-14,21,35,41H,15-20,22H2,1-3H3. The molecule has 0 bridgehead atoms. The van der Waals surface area contributed by atoms with Crippen molar-refractivity contribution < 1.29 is 9.90 Å². The van der Waals surface area contributed by atoms with Gasteiger partial charge in [-0.15, -0.1) is 0 Å². The molecule has 1 fully saturated rings. The minimum Gasteiger partial charge on any atom is -0.494 e. The smallest absolute Gasteiger partial charge is 0.240 e. The first-order valence-electron chi connectivity index (χ1n) is 13.9. The summed E-state index contributed by atoms with van der Waals surface area (Å²) in [7, 11) is 6.01. The van der Waals surface area contributed by atoms with Crippen molar-refractivity contribution in [3.05, 3.63) is 88.9 Å². The number of fused-ring (bicyclic) bond motifs is 1. The molecule has 1 saturated heterocycles. The van der Waals surface area contributed by atoms with Crippen LogP contribution in [0, 0.1) is 0 Å². The Morgan fingerprint density at radius 3 is 2.32 bits per heavy atom. The Balaban J connectivity index is 1.31. The van der Waals surface area contributed by atoms with Crippen molar-refractivity contribution in [3.8, 4) is 5.88 Å². The van der Waals surface area contributed by atoms with E-state index in [0.29, 0.717) is 28.5 Å². The maximum Gasteiger partial charge on any atom is 0.240 e. The summed E-state index contributed by atoms with van der Waals surface area (Å²) in [5.74, 6) is 0.0979. The van der Waals surface area contributed by atoms with E-state index in [0.717, 1.165) is 61.4 Å². The second-order valence-corrected chi connectivity index (χ2v) is 11.2. The van der Waals surface area contributed by atoms with Gasteiger partial charge in [-0.3, -0.25) is 14.6 Å². The van der Waals surface area contributed by atoms with E-state index in [1.165, 1.54) is 0 Å². The number of rotatable bonds is 9. The van der Waals surface area contributed by atoms with Crippen LogP contribution in [0.15, 0.2) is 77.8 Å². The zero-order chi connectivity index (χ0) is 28.9. The van der Waals surface area contributed by atoms with Gasteiger partial charge < -0.3 is 19.9 Å². The maximum absolute atomic E-state index is 13.1. The summed E-state index contributed by atoms with van der Waals surface area (Å²) in [6, 6.07) is 22.9. The van der Waals surface area contributed by atoms with Crippen LogP contribution in [0.3, 0.4) is 0 Å². The van der Waals surface area contributed by atoms with Gasteiger partial charge in [0.05, 0.1) is 29.0 Å². The summed E-state index contributed by atoms with van der Waals surface area (Å²) in [5, 5.41) is 12.3. The van der Waals surface area contributed by atoms with Crippen LogP contribution in [-0.4, -0.2) is 103 Å². The van der Waals surface area contributed by atoms with Crippen molar-refractivity contribution in [2.24, 2.45) is 4.99 Å². The number of aromatic hydroxyl groups is 1. The van der Waals surface area contributed by atoms with Gasteiger partial charge in [0.15, 0.2) is 5.88 Å². The monoisotopic (exact) mass is 572 g/mol.